The number of sulfone groups is 1. The van der Waals surface area contributed by atoms with E-state index in [1.807, 2.05) is 0 Å². The molecule has 1 rings (SSSR count). The number of carbonyl (C=O) groups is 2. The minimum absolute atomic E-state index is 0.00327. The predicted octanol–water partition coefficient (Wildman–Crippen LogP) is -0.0197. The van der Waals surface area contributed by atoms with Gasteiger partial charge in [0, 0.05) is 30.3 Å². The Morgan fingerprint density at radius 2 is 2.16 bits per heavy atom. The number of thioether (sulfide) groups is 1. The van der Waals surface area contributed by atoms with Crippen LogP contribution in [0, 0.1) is 0 Å². The zero-order valence-corrected chi connectivity index (χ0v) is 12.3. The van der Waals surface area contributed by atoms with Gasteiger partial charge in [-0.25, -0.2) is 13.2 Å². The van der Waals surface area contributed by atoms with Crippen LogP contribution in [0.3, 0.4) is 0 Å². The maximum absolute atomic E-state index is 11.9. The highest BCUT2D eigenvalue weighted by Gasteiger charge is 2.35. The molecule has 1 atom stereocenters. The number of amides is 2. The van der Waals surface area contributed by atoms with Gasteiger partial charge in [0.2, 0.25) is 0 Å². The van der Waals surface area contributed by atoms with Crippen LogP contribution >= 0.6 is 11.8 Å². The van der Waals surface area contributed by atoms with Gasteiger partial charge in [0.05, 0.1) is 6.42 Å². The van der Waals surface area contributed by atoms with Crippen molar-refractivity contribution in [1.82, 2.24) is 10.2 Å². The van der Waals surface area contributed by atoms with Crippen LogP contribution in [0.4, 0.5) is 4.79 Å². The summed E-state index contributed by atoms with van der Waals surface area (Å²) >= 11 is 1.50. The molecule has 0 aromatic heterocycles. The van der Waals surface area contributed by atoms with Crippen molar-refractivity contribution in [2.45, 2.75) is 18.7 Å². The van der Waals surface area contributed by atoms with Gasteiger partial charge >= 0.3 is 12.0 Å². The van der Waals surface area contributed by atoms with E-state index in [2.05, 4.69) is 5.32 Å². The maximum atomic E-state index is 11.9. The molecular formula is C10H18N2O5S2. The third-order valence-corrected chi connectivity index (χ3v) is 6.07. The normalized spacial score (nSPS) is 20.1. The SMILES string of the molecule is CCS(=O)(=O)C1CSCCN1C(=O)NCCC(=O)O. The van der Waals surface area contributed by atoms with Crippen LogP contribution in [0.1, 0.15) is 13.3 Å². The number of urea groups is 1. The van der Waals surface area contributed by atoms with Gasteiger partial charge in [0.15, 0.2) is 9.84 Å². The van der Waals surface area contributed by atoms with Crippen molar-refractivity contribution in [3.05, 3.63) is 0 Å². The van der Waals surface area contributed by atoms with E-state index in [1.165, 1.54) is 16.7 Å². The molecule has 9 heteroatoms. The third-order valence-electron chi connectivity index (χ3n) is 2.78. The predicted molar refractivity (Wildman–Crippen MR) is 72.9 cm³/mol. The molecule has 110 valence electrons. The Bertz CT molecular complexity index is 437. The highest BCUT2D eigenvalue weighted by molar-refractivity contribution is 8.01. The highest BCUT2D eigenvalue weighted by atomic mass is 32.2. The fraction of sp³-hybridized carbons (Fsp3) is 0.800. The Labute approximate surface area is 116 Å². The molecule has 1 heterocycles. The number of nitrogens with zero attached hydrogens (tertiary/aromatic N) is 1. The van der Waals surface area contributed by atoms with Gasteiger partial charge in [0.1, 0.15) is 5.37 Å². The third kappa shape index (κ3) is 4.57. The molecule has 19 heavy (non-hydrogen) atoms. The Hall–Kier alpha value is -0.960. The molecule has 1 aliphatic rings. The van der Waals surface area contributed by atoms with E-state index in [-0.39, 0.29) is 18.7 Å². The average Bonchev–Trinajstić information content (AvgIpc) is 2.38. The number of rotatable bonds is 5. The Kier molecular flexibility index (Phi) is 5.92. The molecule has 7 nitrogen and oxygen atoms in total. The van der Waals surface area contributed by atoms with Crippen LogP contribution in [0.15, 0.2) is 0 Å². The first-order valence-electron chi connectivity index (χ1n) is 5.94. The topological polar surface area (TPSA) is 104 Å². The van der Waals surface area contributed by atoms with Crippen LogP contribution in [0.2, 0.25) is 0 Å². The molecule has 0 radical (unpaired) electrons. The van der Waals surface area contributed by atoms with E-state index < -0.39 is 27.2 Å². The summed E-state index contributed by atoms with van der Waals surface area (Å²) in [7, 11) is -3.33. The van der Waals surface area contributed by atoms with Crippen molar-refractivity contribution in [3.63, 3.8) is 0 Å². The summed E-state index contributed by atoms with van der Waals surface area (Å²) in [6.07, 6.45) is -0.181. The van der Waals surface area contributed by atoms with Crippen molar-refractivity contribution in [3.8, 4) is 0 Å². The van der Waals surface area contributed by atoms with Crippen LogP contribution in [0.5, 0.6) is 0 Å². The lowest BCUT2D eigenvalue weighted by Gasteiger charge is -2.34. The molecule has 0 bridgehead atoms. The largest absolute Gasteiger partial charge is 0.481 e. The van der Waals surface area contributed by atoms with Gasteiger partial charge < -0.3 is 15.3 Å². The van der Waals surface area contributed by atoms with Crippen molar-refractivity contribution in [2.24, 2.45) is 0 Å². The molecule has 1 aliphatic heterocycles. The number of aliphatic carboxylic acids is 1. The van der Waals surface area contributed by atoms with Crippen molar-refractivity contribution < 1.29 is 23.1 Å². The smallest absolute Gasteiger partial charge is 0.318 e. The minimum Gasteiger partial charge on any atom is -0.481 e. The lowest BCUT2D eigenvalue weighted by atomic mass is 10.4. The fourth-order valence-corrected chi connectivity index (χ4v) is 4.65. The second-order valence-corrected chi connectivity index (χ2v) is 7.65. The fourth-order valence-electron chi connectivity index (χ4n) is 1.68. The molecular weight excluding hydrogens is 292 g/mol. The van der Waals surface area contributed by atoms with Gasteiger partial charge in [-0.05, 0) is 0 Å². The lowest BCUT2D eigenvalue weighted by molar-refractivity contribution is -0.136. The van der Waals surface area contributed by atoms with E-state index in [9.17, 15) is 18.0 Å². The summed E-state index contributed by atoms with van der Waals surface area (Å²) in [5.41, 5.74) is 0. The van der Waals surface area contributed by atoms with E-state index in [1.54, 1.807) is 6.92 Å². The minimum atomic E-state index is -3.33. The van der Waals surface area contributed by atoms with Crippen LogP contribution < -0.4 is 5.32 Å². The second kappa shape index (κ2) is 6.99. The number of nitrogens with one attached hydrogen (secondary N) is 1. The van der Waals surface area contributed by atoms with Crippen molar-refractivity contribution in [1.29, 1.82) is 0 Å². The van der Waals surface area contributed by atoms with E-state index in [4.69, 9.17) is 5.11 Å². The Balaban J connectivity index is 2.66. The molecule has 0 saturated carbocycles. The van der Waals surface area contributed by atoms with Gasteiger partial charge in [-0.2, -0.15) is 11.8 Å². The molecule has 2 amide bonds. The zero-order chi connectivity index (χ0) is 14.5. The molecule has 2 N–H and O–H groups in total. The van der Waals surface area contributed by atoms with E-state index in [0.717, 1.165) is 0 Å². The van der Waals surface area contributed by atoms with Crippen molar-refractivity contribution in [2.75, 3.05) is 30.3 Å². The number of carboxylic acid groups (broad SMARTS) is 1. The zero-order valence-electron chi connectivity index (χ0n) is 10.7. The first-order valence-corrected chi connectivity index (χ1v) is 8.81. The number of hydrogen-bond acceptors (Lipinski definition) is 5. The summed E-state index contributed by atoms with van der Waals surface area (Å²) < 4.78 is 23.8. The molecule has 0 aromatic rings. The van der Waals surface area contributed by atoms with Crippen molar-refractivity contribution >= 4 is 33.6 Å². The molecule has 1 unspecified atom stereocenters. The highest BCUT2D eigenvalue weighted by Crippen LogP contribution is 2.21. The van der Waals surface area contributed by atoms with E-state index in [0.29, 0.717) is 18.1 Å². The van der Waals surface area contributed by atoms with Gasteiger partial charge in [-0.1, -0.05) is 6.92 Å². The Morgan fingerprint density at radius 3 is 2.74 bits per heavy atom. The second-order valence-electron chi connectivity index (χ2n) is 4.05. The number of hydrogen-bond donors (Lipinski definition) is 2. The van der Waals surface area contributed by atoms with Gasteiger partial charge in [-0.15, -0.1) is 0 Å². The Morgan fingerprint density at radius 1 is 1.47 bits per heavy atom. The monoisotopic (exact) mass is 310 g/mol. The van der Waals surface area contributed by atoms with Crippen LogP contribution in [-0.2, 0) is 14.6 Å². The molecule has 0 aliphatic carbocycles. The molecule has 1 fully saturated rings. The summed E-state index contributed by atoms with van der Waals surface area (Å²) in [5.74, 6) is 0.0223. The maximum Gasteiger partial charge on any atom is 0.318 e. The van der Waals surface area contributed by atoms with Crippen LogP contribution in [0.25, 0.3) is 0 Å². The van der Waals surface area contributed by atoms with E-state index >= 15 is 0 Å². The molecule has 0 aromatic carbocycles. The molecule has 0 spiro atoms. The average molecular weight is 310 g/mol. The number of carbonyl (C=O) groups excluding carboxylic acids is 1. The first kappa shape index (κ1) is 16.1. The lowest BCUT2D eigenvalue weighted by Crippen LogP contribution is -2.54. The molecule has 1 saturated heterocycles. The summed E-state index contributed by atoms with van der Waals surface area (Å²) in [5, 5.41) is 10.1. The number of carboxylic acids is 1. The van der Waals surface area contributed by atoms with Gasteiger partial charge in [0.25, 0.3) is 0 Å². The summed E-state index contributed by atoms with van der Waals surface area (Å²) in [6.45, 7) is 1.90. The first-order chi connectivity index (χ1) is 8.88. The quantitative estimate of drug-likeness (QED) is 0.739. The summed E-state index contributed by atoms with van der Waals surface area (Å²) in [6, 6.07) is -0.511. The summed E-state index contributed by atoms with van der Waals surface area (Å²) in [4.78, 5) is 23.6. The van der Waals surface area contributed by atoms with Crippen LogP contribution in [-0.4, -0.2) is 66.1 Å². The standard InChI is InChI=1S/C10H18N2O5S2/c1-2-19(16,17)8-7-18-6-5-12(8)10(15)11-4-3-9(13)14/h8H,2-7H2,1H3,(H,11,15)(H,13,14). The van der Waals surface area contributed by atoms with Gasteiger partial charge in [-0.3, -0.25) is 4.79 Å².